The van der Waals surface area contributed by atoms with Crippen LogP contribution in [0.2, 0.25) is 0 Å². The molecule has 1 N–H and O–H groups in total. The summed E-state index contributed by atoms with van der Waals surface area (Å²) in [6.07, 6.45) is 1.88. The fourth-order valence-electron chi connectivity index (χ4n) is 1.41. The van der Waals surface area contributed by atoms with E-state index in [1.165, 1.54) is 23.5 Å². The zero-order valence-electron chi connectivity index (χ0n) is 9.02. The fraction of sp³-hybridized carbons (Fsp3) is 0.167. The van der Waals surface area contributed by atoms with Gasteiger partial charge in [0.2, 0.25) is 5.91 Å². The summed E-state index contributed by atoms with van der Waals surface area (Å²) in [5.74, 6) is -0.457. The maximum Gasteiger partial charge on any atom is 0.224 e. The topological polar surface area (TPSA) is 42.0 Å². The Kier molecular flexibility index (Phi) is 3.82. The van der Waals surface area contributed by atoms with Crippen LogP contribution in [0.25, 0.3) is 0 Å². The minimum atomic E-state index is -0.324. The number of nitrogens with one attached hydrogen (secondary N) is 1. The van der Waals surface area contributed by atoms with Crippen LogP contribution in [0.4, 0.5) is 4.39 Å². The summed E-state index contributed by atoms with van der Waals surface area (Å²) in [6, 6.07) is 6.05. The van der Waals surface area contributed by atoms with Crippen LogP contribution in [0.5, 0.6) is 0 Å². The first kappa shape index (κ1) is 11.7. The van der Waals surface area contributed by atoms with Crippen LogP contribution in [0.15, 0.2) is 35.8 Å². The first-order chi connectivity index (χ1) is 8.24. The highest BCUT2D eigenvalue weighted by Crippen LogP contribution is 2.05. The summed E-state index contributed by atoms with van der Waals surface area (Å²) in [7, 11) is 0. The van der Waals surface area contributed by atoms with Crippen LogP contribution < -0.4 is 5.32 Å². The minimum Gasteiger partial charge on any atom is -0.349 e. The fourth-order valence-corrected chi connectivity index (χ4v) is 1.97. The number of aromatic nitrogens is 1. The first-order valence-electron chi connectivity index (χ1n) is 5.13. The lowest BCUT2D eigenvalue weighted by Gasteiger charge is -2.03. The van der Waals surface area contributed by atoms with E-state index >= 15 is 0 Å². The molecule has 0 aliphatic carbocycles. The average molecular weight is 250 g/mol. The van der Waals surface area contributed by atoms with Gasteiger partial charge in [0.1, 0.15) is 10.8 Å². The number of thiazole rings is 1. The van der Waals surface area contributed by atoms with Crippen LogP contribution in [-0.4, -0.2) is 10.9 Å². The standard InChI is InChI=1S/C12H11FN2OS/c13-10-3-1-2-9(6-10)7-11(16)15-8-12-14-4-5-17-12/h1-6H,7-8H2,(H,15,16). The lowest BCUT2D eigenvalue weighted by molar-refractivity contribution is -0.120. The zero-order valence-corrected chi connectivity index (χ0v) is 9.84. The van der Waals surface area contributed by atoms with E-state index in [0.717, 1.165) is 5.01 Å². The monoisotopic (exact) mass is 250 g/mol. The molecule has 0 saturated carbocycles. The SMILES string of the molecule is O=C(Cc1cccc(F)c1)NCc1nccs1. The molecule has 0 spiro atoms. The second-order valence-corrected chi connectivity index (χ2v) is 4.49. The van der Waals surface area contributed by atoms with Crippen molar-refractivity contribution in [1.82, 2.24) is 10.3 Å². The molecule has 1 amide bonds. The van der Waals surface area contributed by atoms with Gasteiger partial charge in [0.15, 0.2) is 0 Å². The number of halogens is 1. The third-order valence-corrected chi connectivity index (χ3v) is 2.95. The van der Waals surface area contributed by atoms with Gasteiger partial charge in [-0.2, -0.15) is 0 Å². The van der Waals surface area contributed by atoms with Crippen LogP contribution in [0, 0.1) is 5.82 Å². The molecule has 0 fully saturated rings. The van der Waals surface area contributed by atoms with Crippen molar-refractivity contribution in [3.8, 4) is 0 Å². The van der Waals surface area contributed by atoms with E-state index in [4.69, 9.17) is 0 Å². The Morgan fingerprint density at radius 2 is 2.35 bits per heavy atom. The van der Waals surface area contributed by atoms with Gasteiger partial charge >= 0.3 is 0 Å². The molecule has 0 aliphatic rings. The third kappa shape index (κ3) is 3.64. The third-order valence-electron chi connectivity index (χ3n) is 2.17. The van der Waals surface area contributed by atoms with Gasteiger partial charge in [-0.3, -0.25) is 4.79 Å². The van der Waals surface area contributed by atoms with Gasteiger partial charge in [-0.15, -0.1) is 11.3 Å². The molecule has 2 rings (SSSR count). The van der Waals surface area contributed by atoms with Crippen LogP contribution >= 0.6 is 11.3 Å². The van der Waals surface area contributed by atoms with E-state index in [-0.39, 0.29) is 18.1 Å². The van der Waals surface area contributed by atoms with E-state index in [1.807, 2.05) is 5.38 Å². The van der Waals surface area contributed by atoms with Crippen molar-refractivity contribution in [2.75, 3.05) is 0 Å². The number of carbonyl (C=O) groups excluding carboxylic acids is 1. The molecule has 0 saturated heterocycles. The highest BCUT2D eigenvalue weighted by Gasteiger charge is 2.04. The van der Waals surface area contributed by atoms with Gasteiger partial charge in [-0.05, 0) is 17.7 Å². The van der Waals surface area contributed by atoms with Crippen LogP contribution in [0.3, 0.4) is 0 Å². The Balaban J connectivity index is 1.85. The van der Waals surface area contributed by atoms with Crippen molar-refractivity contribution in [3.63, 3.8) is 0 Å². The van der Waals surface area contributed by atoms with E-state index in [9.17, 15) is 9.18 Å². The van der Waals surface area contributed by atoms with E-state index in [1.54, 1.807) is 18.3 Å². The molecule has 1 aromatic carbocycles. The van der Waals surface area contributed by atoms with Crippen molar-refractivity contribution < 1.29 is 9.18 Å². The summed E-state index contributed by atoms with van der Waals surface area (Å²) < 4.78 is 12.9. The average Bonchev–Trinajstić information content (AvgIpc) is 2.79. The van der Waals surface area contributed by atoms with E-state index < -0.39 is 0 Å². The van der Waals surface area contributed by atoms with Gasteiger partial charge in [0.05, 0.1) is 13.0 Å². The quantitative estimate of drug-likeness (QED) is 0.903. The number of benzene rings is 1. The smallest absolute Gasteiger partial charge is 0.224 e. The van der Waals surface area contributed by atoms with E-state index in [2.05, 4.69) is 10.3 Å². The molecule has 0 unspecified atom stereocenters. The molecule has 1 heterocycles. The van der Waals surface area contributed by atoms with Crippen molar-refractivity contribution in [1.29, 1.82) is 0 Å². The van der Waals surface area contributed by atoms with Crippen LogP contribution in [0.1, 0.15) is 10.6 Å². The summed E-state index contributed by atoms with van der Waals surface area (Å²) >= 11 is 1.49. The molecule has 0 atom stereocenters. The van der Waals surface area contributed by atoms with E-state index in [0.29, 0.717) is 12.1 Å². The number of hydrogen-bond acceptors (Lipinski definition) is 3. The molecule has 88 valence electrons. The lowest BCUT2D eigenvalue weighted by Crippen LogP contribution is -2.24. The molecule has 0 radical (unpaired) electrons. The number of nitrogens with zero attached hydrogens (tertiary/aromatic N) is 1. The molecular weight excluding hydrogens is 239 g/mol. The van der Waals surface area contributed by atoms with Crippen molar-refractivity contribution in [2.45, 2.75) is 13.0 Å². The minimum absolute atomic E-state index is 0.134. The predicted molar refractivity (Wildman–Crippen MR) is 64.1 cm³/mol. The highest BCUT2D eigenvalue weighted by molar-refractivity contribution is 7.09. The summed E-state index contributed by atoms with van der Waals surface area (Å²) in [4.78, 5) is 15.6. The largest absolute Gasteiger partial charge is 0.349 e. The second kappa shape index (κ2) is 5.54. The van der Waals surface area contributed by atoms with Gasteiger partial charge in [-0.1, -0.05) is 12.1 Å². The van der Waals surface area contributed by atoms with Crippen LogP contribution in [-0.2, 0) is 17.8 Å². The Hall–Kier alpha value is -1.75. The normalized spacial score (nSPS) is 10.2. The lowest BCUT2D eigenvalue weighted by atomic mass is 10.1. The second-order valence-electron chi connectivity index (χ2n) is 3.51. The molecule has 0 bridgehead atoms. The number of carbonyl (C=O) groups is 1. The summed E-state index contributed by atoms with van der Waals surface area (Å²) in [6.45, 7) is 0.422. The Labute approximate surface area is 102 Å². The molecule has 3 nitrogen and oxygen atoms in total. The molecule has 2 aromatic rings. The molecule has 0 aliphatic heterocycles. The van der Waals surface area contributed by atoms with Gasteiger partial charge in [0, 0.05) is 11.6 Å². The molecule has 17 heavy (non-hydrogen) atoms. The molecular formula is C12H11FN2OS. The number of rotatable bonds is 4. The van der Waals surface area contributed by atoms with Crippen molar-refractivity contribution in [3.05, 3.63) is 52.2 Å². The Morgan fingerprint density at radius 3 is 3.06 bits per heavy atom. The van der Waals surface area contributed by atoms with Gasteiger partial charge in [-0.25, -0.2) is 9.37 Å². The molecule has 5 heteroatoms. The van der Waals surface area contributed by atoms with Gasteiger partial charge in [0.25, 0.3) is 0 Å². The number of amides is 1. The Morgan fingerprint density at radius 1 is 1.47 bits per heavy atom. The highest BCUT2D eigenvalue weighted by atomic mass is 32.1. The van der Waals surface area contributed by atoms with Crippen molar-refractivity contribution in [2.24, 2.45) is 0 Å². The first-order valence-corrected chi connectivity index (χ1v) is 6.01. The van der Waals surface area contributed by atoms with Crippen molar-refractivity contribution >= 4 is 17.2 Å². The Bertz CT molecular complexity index is 499. The number of hydrogen-bond donors (Lipinski definition) is 1. The summed E-state index contributed by atoms with van der Waals surface area (Å²) in [5.41, 5.74) is 0.668. The zero-order chi connectivity index (χ0) is 12.1. The maximum atomic E-state index is 12.9. The predicted octanol–water partition coefficient (Wildman–Crippen LogP) is 2.14. The van der Waals surface area contributed by atoms with Gasteiger partial charge < -0.3 is 5.32 Å². The maximum absolute atomic E-state index is 12.9. The summed E-state index contributed by atoms with van der Waals surface area (Å²) in [5, 5.41) is 5.45. The molecule has 1 aromatic heterocycles.